The molecule has 6 nitrogen and oxygen atoms in total. The lowest BCUT2D eigenvalue weighted by atomic mass is 10.1. The van der Waals surface area contributed by atoms with Crippen molar-refractivity contribution in [3.63, 3.8) is 0 Å². The molecule has 1 aliphatic heterocycles. The van der Waals surface area contributed by atoms with Gasteiger partial charge in [0.2, 0.25) is 0 Å². The Labute approximate surface area is 179 Å². The van der Waals surface area contributed by atoms with Crippen LogP contribution in [0.1, 0.15) is 28.8 Å². The Balaban J connectivity index is 1.70. The van der Waals surface area contributed by atoms with E-state index in [2.05, 4.69) is 33.2 Å². The zero-order chi connectivity index (χ0) is 19.9. The largest absolute Gasteiger partial charge is 0.493 e. The first-order valence-electron chi connectivity index (χ1n) is 9.23. The molecule has 1 saturated heterocycles. The summed E-state index contributed by atoms with van der Waals surface area (Å²) in [6.45, 7) is 1.91. The maximum Gasteiger partial charge on any atom is 0.253 e. The molecule has 0 atom stereocenters. The summed E-state index contributed by atoms with van der Waals surface area (Å²) in [6, 6.07) is 11.8. The highest BCUT2D eigenvalue weighted by atomic mass is 127. The molecule has 1 aliphatic rings. The number of rotatable bonds is 7. The van der Waals surface area contributed by atoms with Crippen molar-refractivity contribution in [2.45, 2.75) is 25.4 Å². The van der Waals surface area contributed by atoms with Crippen LogP contribution in [0.4, 0.5) is 5.69 Å². The fourth-order valence-corrected chi connectivity index (χ4v) is 3.65. The van der Waals surface area contributed by atoms with Crippen LogP contribution in [0.2, 0.25) is 0 Å². The van der Waals surface area contributed by atoms with Gasteiger partial charge in [-0.1, -0.05) is 6.07 Å². The summed E-state index contributed by atoms with van der Waals surface area (Å²) in [5.41, 5.74) is 2.45. The van der Waals surface area contributed by atoms with Crippen LogP contribution in [-0.2, 0) is 11.3 Å². The summed E-state index contributed by atoms with van der Waals surface area (Å²) < 4.78 is 17.0. The molecule has 1 heterocycles. The van der Waals surface area contributed by atoms with Crippen LogP contribution < -0.4 is 20.1 Å². The molecule has 150 valence electrons. The fraction of sp³-hybridized carbons (Fsp3) is 0.381. The van der Waals surface area contributed by atoms with Crippen LogP contribution in [-0.4, -0.2) is 39.4 Å². The first kappa shape index (κ1) is 20.7. The highest BCUT2D eigenvalue weighted by Crippen LogP contribution is 2.27. The Bertz CT molecular complexity index is 822. The van der Waals surface area contributed by atoms with Gasteiger partial charge in [-0.05, 0) is 71.3 Å². The van der Waals surface area contributed by atoms with Gasteiger partial charge < -0.3 is 24.8 Å². The highest BCUT2D eigenvalue weighted by Gasteiger charge is 2.18. The average Bonchev–Trinajstić information content (AvgIpc) is 2.73. The predicted molar refractivity (Wildman–Crippen MR) is 117 cm³/mol. The molecule has 0 aliphatic carbocycles. The number of nitrogens with one attached hydrogen (secondary N) is 2. The van der Waals surface area contributed by atoms with E-state index < -0.39 is 0 Å². The lowest BCUT2D eigenvalue weighted by Gasteiger charge is -2.25. The summed E-state index contributed by atoms with van der Waals surface area (Å²) in [7, 11) is 3.20. The van der Waals surface area contributed by atoms with Crippen LogP contribution in [0.15, 0.2) is 36.4 Å². The molecule has 2 aromatic rings. The van der Waals surface area contributed by atoms with Gasteiger partial charge in [-0.3, -0.25) is 4.79 Å². The topological polar surface area (TPSA) is 68.8 Å². The van der Waals surface area contributed by atoms with Crippen molar-refractivity contribution in [1.82, 2.24) is 5.32 Å². The van der Waals surface area contributed by atoms with Crippen LogP contribution in [0.3, 0.4) is 0 Å². The van der Waals surface area contributed by atoms with E-state index in [0.29, 0.717) is 29.6 Å². The lowest BCUT2D eigenvalue weighted by Crippen LogP contribution is -2.30. The van der Waals surface area contributed by atoms with E-state index in [-0.39, 0.29) is 5.91 Å². The van der Waals surface area contributed by atoms with Gasteiger partial charge in [-0.15, -0.1) is 0 Å². The molecule has 0 bridgehead atoms. The van der Waals surface area contributed by atoms with Gasteiger partial charge >= 0.3 is 0 Å². The fourth-order valence-electron chi connectivity index (χ4n) is 3.16. The van der Waals surface area contributed by atoms with E-state index in [0.717, 1.165) is 40.9 Å². The summed E-state index contributed by atoms with van der Waals surface area (Å²) in [5.74, 6) is 1.20. The molecule has 3 rings (SSSR count). The maximum atomic E-state index is 12.9. The third-order valence-corrected chi connectivity index (χ3v) is 5.38. The molecule has 0 aromatic heterocycles. The summed E-state index contributed by atoms with van der Waals surface area (Å²) in [4.78, 5) is 12.9. The van der Waals surface area contributed by atoms with Crippen molar-refractivity contribution < 1.29 is 19.0 Å². The third-order valence-electron chi connectivity index (χ3n) is 4.71. The first-order valence-corrected chi connectivity index (χ1v) is 10.3. The minimum absolute atomic E-state index is 0.108. The molecule has 0 unspecified atom stereocenters. The number of ether oxygens (including phenoxy) is 3. The van der Waals surface area contributed by atoms with Crippen molar-refractivity contribution in [2.24, 2.45) is 0 Å². The lowest BCUT2D eigenvalue weighted by molar-refractivity contribution is 0.0903. The number of halogens is 1. The van der Waals surface area contributed by atoms with E-state index in [1.54, 1.807) is 14.2 Å². The number of carbonyl (C=O) groups excluding carboxylic acids is 1. The molecule has 28 heavy (non-hydrogen) atoms. The monoisotopic (exact) mass is 496 g/mol. The molecule has 1 fully saturated rings. The number of anilines is 1. The number of hydrogen-bond acceptors (Lipinski definition) is 5. The molecule has 7 heteroatoms. The normalized spacial score (nSPS) is 14.4. The Kier molecular flexibility index (Phi) is 7.38. The van der Waals surface area contributed by atoms with Crippen molar-refractivity contribution >= 4 is 34.2 Å². The van der Waals surface area contributed by atoms with E-state index in [4.69, 9.17) is 14.2 Å². The second-order valence-electron chi connectivity index (χ2n) is 6.59. The third kappa shape index (κ3) is 5.29. The number of hydrogen-bond donors (Lipinski definition) is 2. The van der Waals surface area contributed by atoms with Gasteiger partial charge in [0.25, 0.3) is 5.91 Å². The highest BCUT2D eigenvalue weighted by molar-refractivity contribution is 14.1. The Morgan fingerprint density at radius 2 is 1.86 bits per heavy atom. The molecule has 0 radical (unpaired) electrons. The SMILES string of the molecule is COc1ccc(CNC(=O)c2cc(I)ccc2NC2CCOCC2)cc1OC. The molecule has 0 spiro atoms. The van der Waals surface area contributed by atoms with Crippen molar-refractivity contribution in [3.8, 4) is 11.5 Å². The number of benzene rings is 2. The standard InChI is InChI=1S/C21H25IN2O4/c1-26-19-6-3-14(11-20(19)27-2)13-23-21(25)17-12-15(22)4-5-18(17)24-16-7-9-28-10-8-16/h3-6,11-12,16,24H,7-10,13H2,1-2H3,(H,23,25). The Morgan fingerprint density at radius 3 is 2.57 bits per heavy atom. The zero-order valence-corrected chi connectivity index (χ0v) is 18.2. The van der Waals surface area contributed by atoms with Gasteiger partial charge in [0, 0.05) is 35.1 Å². The maximum absolute atomic E-state index is 12.9. The summed E-state index contributed by atoms with van der Waals surface area (Å²) >= 11 is 2.23. The second-order valence-corrected chi connectivity index (χ2v) is 7.84. The average molecular weight is 496 g/mol. The zero-order valence-electron chi connectivity index (χ0n) is 16.1. The Hall–Kier alpha value is -2.00. The molecular formula is C21H25IN2O4. The number of carbonyl (C=O) groups is 1. The van der Waals surface area contributed by atoms with Crippen LogP contribution >= 0.6 is 22.6 Å². The van der Waals surface area contributed by atoms with Crippen molar-refractivity contribution in [2.75, 3.05) is 32.8 Å². The Morgan fingerprint density at radius 1 is 1.11 bits per heavy atom. The van der Waals surface area contributed by atoms with E-state index in [1.807, 2.05) is 36.4 Å². The molecule has 2 aromatic carbocycles. The minimum atomic E-state index is -0.108. The summed E-state index contributed by atoms with van der Waals surface area (Å²) in [5, 5.41) is 6.51. The van der Waals surface area contributed by atoms with Gasteiger partial charge in [0.05, 0.1) is 19.8 Å². The van der Waals surface area contributed by atoms with E-state index in [9.17, 15) is 4.79 Å². The van der Waals surface area contributed by atoms with Crippen LogP contribution in [0.25, 0.3) is 0 Å². The van der Waals surface area contributed by atoms with E-state index >= 15 is 0 Å². The molecule has 2 N–H and O–H groups in total. The minimum Gasteiger partial charge on any atom is -0.493 e. The molecule has 1 amide bonds. The predicted octanol–water partition coefficient (Wildman–Crippen LogP) is 3.83. The van der Waals surface area contributed by atoms with E-state index in [1.165, 1.54) is 0 Å². The first-order chi connectivity index (χ1) is 13.6. The number of amides is 1. The van der Waals surface area contributed by atoms with Crippen molar-refractivity contribution in [1.29, 1.82) is 0 Å². The number of methoxy groups -OCH3 is 2. The van der Waals surface area contributed by atoms with Gasteiger partial charge in [-0.25, -0.2) is 0 Å². The van der Waals surface area contributed by atoms with Crippen molar-refractivity contribution in [3.05, 3.63) is 51.1 Å². The van der Waals surface area contributed by atoms with Gasteiger partial charge in [-0.2, -0.15) is 0 Å². The van der Waals surface area contributed by atoms with Gasteiger partial charge in [0.15, 0.2) is 11.5 Å². The quantitative estimate of drug-likeness (QED) is 0.571. The molecular weight excluding hydrogens is 471 g/mol. The smallest absolute Gasteiger partial charge is 0.253 e. The van der Waals surface area contributed by atoms with Gasteiger partial charge in [0.1, 0.15) is 0 Å². The van der Waals surface area contributed by atoms with Crippen LogP contribution in [0, 0.1) is 3.57 Å². The van der Waals surface area contributed by atoms with Crippen LogP contribution in [0.5, 0.6) is 11.5 Å². The summed E-state index contributed by atoms with van der Waals surface area (Å²) in [6.07, 6.45) is 1.89. The second kappa shape index (κ2) is 9.97. The molecule has 0 saturated carbocycles.